The molecule has 0 radical (unpaired) electrons. The van der Waals surface area contributed by atoms with Gasteiger partial charge in [0.05, 0.1) is 6.04 Å². The van der Waals surface area contributed by atoms with E-state index >= 15 is 0 Å². The van der Waals surface area contributed by atoms with Gasteiger partial charge in [-0.2, -0.15) is 0 Å². The Morgan fingerprint density at radius 3 is 2.76 bits per heavy atom. The third-order valence-electron chi connectivity index (χ3n) is 4.26. The summed E-state index contributed by atoms with van der Waals surface area (Å²) in [4.78, 5) is 14.4. The summed E-state index contributed by atoms with van der Waals surface area (Å²) in [5.41, 5.74) is 7.21. The molecular weight excluding hydrogens is 262 g/mol. The first kappa shape index (κ1) is 16.0. The van der Waals surface area contributed by atoms with E-state index in [9.17, 15) is 4.79 Å². The molecule has 1 saturated heterocycles. The van der Waals surface area contributed by atoms with Gasteiger partial charge in [0.15, 0.2) is 0 Å². The molecular formula is C17H27N3O. The Morgan fingerprint density at radius 2 is 2.10 bits per heavy atom. The molecule has 116 valence electrons. The Balaban J connectivity index is 1.83. The molecule has 1 aromatic rings. The van der Waals surface area contributed by atoms with Crippen LogP contribution in [0, 0.1) is 5.92 Å². The minimum atomic E-state index is -0.408. The van der Waals surface area contributed by atoms with Crippen molar-refractivity contribution in [3.63, 3.8) is 0 Å². The molecule has 0 bridgehead atoms. The van der Waals surface area contributed by atoms with Gasteiger partial charge in [-0.05, 0) is 30.9 Å². The molecule has 21 heavy (non-hydrogen) atoms. The van der Waals surface area contributed by atoms with Crippen LogP contribution in [-0.4, -0.2) is 36.0 Å². The van der Waals surface area contributed by atoms with Crippen molar-refractivity contribution in [3.8, 4) is 0 Å². The first-order chi connectivity index (χ1) is 10.1. The number of hydrogen-bond acceptors (Lipinski definition) is 3. The lowest BCUT2D eigenvalue weighted by molar-refractivity contribution is -0.123. The largest absolute Gasteiger partial charge is 0.353 e. The summed E-state index contributed by atoms with van der Waals surface area (Å²) in [5.74, 6) is 0.144. The molecule has 1 aliphatic heterocycles. The second kappa shape index (κ2) is 7.57. The van der Waals surface area contributed by atoms with Crippen LogP contribution in [0.3, 0.4) is 0 Å². The van der Waals surface area contributed by atoms with Gasteiger partial charge in [-0.15, -0.1) is 0 Å². The van der Waals surface area contributed by atoms with Crippen LogP contribution in [0.15, 0.2) is 30.3 Å². The Kier molecular flexibility index (Phi) is 5.76. The summed E-state index contributed by atoms with van der Waals surface area (Å²) in [5, 5.41) is 3.02. The first-order valence-electron chi connectivity index (χ1n) is 7.89. The summed E-state index contributed by atoms with van der Waals surface area (Å²) in [6, 6.07) is 10.5. The van der Waals surface area contributed by atoms with E-state index < -0.39 is 6.04 Å². The minimum Gasteiger partial charge on any atom is -0.353 e. The predicted molar refractivity (Wildman–Crippen MR) is 85.7 cm³/mol. The molecule has 1 heterocycles. The molecule has 1 amide bonds. The van der Waals surface area contributed by atoms with Crippen molar-refractivity contribution in [3.05, 3.63) is 35.9 Å². The van der Waals surface area contributed by atoms with Gasteiger partial charge >= 0.3 is 0 Å². The molecule has 2 rings (SSSR count). The van der Waals surface area contributed by atoms with Gasteiger partial charge in [0, 0.05) is 19.1 Å². The smallest absolute Gasteiger partial charge is 0.237 e. The molecule has 1 fully saturated rings. The summed E-state index contributed by atoms with van der Waals surface area (Å²) in [7, 11) is 0. The molecule has 0 spiro atoms. The Bertz CT molecular complexity index is 447. The van der Waals surface area contributed by atoms with E-state index in [4.69, 9.17) is 5.73 Å². The van der Waals surface area contributed by atoms with E-state index in [1.54, 1.807) is 0 Å². The van der Waals surface area contributed by atoms with Crippen molar-refractivity contribution in [1.82, 2.24) is 10.2 Å². The highest BCUT2D eigenvalue weighted by atomic mass is 16.2. The normalized spacial score (nSPS) is 20.7. The molecule has 3 N–H and O–H groups in total. The lowest BCUT2D eigenvalue weighted by Gasteiger charge is -2.25. The van der Waals surface area contributed by atoms with Crippen molar-refractivity contribution >= 4 is 5.91 Å². The number of nitrogens with zero attached hydrogens (tertiary/aromatic N) is 1. The topological polar surface area (TPSA) is 58.4 Å². The first-order valence-corrected chi connectivity index (χ1v) is 7.89. The quantitative estimate of drug-likeness (QED) is 0.839. The van der Waals surface area contributed by atoms with Gasteiger partial charge in [-0.25, -0.2) is 0 Å². The average molecular weight is 289 g/mol. The van der Waals surface area contributed by atoms with Crippen LogP contribution in [-0.2, 0) is 11.3 Å². The van der Waals surface area contributed by atoms with Crippen LogP contribution in [0.4, 0.5) is 0 Å². The van der Waals surface area contributed by atoms with E-state index in [2.05, 4.69) is 34.5 Å². The Labute approximate surface area is 127 Å². The molecule has 0 aliphatic carbocycles. The number of rotatable bonds is 6. The van der Waals surface area contributed by atoms with Crippen molar-refractivity contribution < 1.29 is 4.79 Å². The molecule has 0 unspecified atom stereocenters. The summed E-state index contributed by atoms with van der Waals surface area (Å²) in [6.07, 6.45) is 2.34. The van der Waals surface area contributed by atoms with E-state index in [1.165, 1.54) is 12.0 Å². The maximum Gasteiger partial charge on any atom is 0.237 e. The fourth-order valence-electron chi connectivity index (χ4n) is 2.79. The maximum atomic E-state index is 12.0. The van der Waals surface area contributed by atoms with E-state index in [0.29, 0.717) is 12.6 Å². The zero-order chi connectivity index (χ0) is 15.2. The van der Waals surface area contributed by atoms with E-state index in [-0.39, 0.29) is 11.8 Å². The van der Waals surface area contributed by atoms with E-state index in [1.807, 2.05) is 19.9 Å². The number of amides is 1. The number of likely N-dealkylation sites (tertiary alicyclic amines) is 1. The second-order valence-corrected chi connectivity index (χ2v) is 6.27. The molecule has 0 aromatic heterocycles. The highest BCUT2D eigenvalue weighted by molar-refractivity contribution is 5.81. The summed E-state index contributed by atoms with van der Waals surface area (Å²) in [6.45, 7) is 6.71. The van der Waals surface area contributed by atoms with Crippen molar-refractivity contribution in [2.45, 2.75) is 45.3 Å². The Hall–Kier alpha value is -1.39. The zero-order valence-corrected chi connectivity index (χ0v) is 13.1. The zero-order valence-electron chi connectivity index (χ0n) is 13.1. The number of carbonyl (C=O) groups is 1. The van der Waals surface area contributed by atoms with Gasteiger partial charge in [-0.3, -0.25) is 9.69 Å². The fourth-order valence-corrected chi connectivity index (χ4v) is 2.79. The van der Waals surface area contributed by atoms with Crippen LogP contribution >= 0.6 is 0 Å². The summed E-state index contributed by atoms with van der Waals surface area (Å²) >= 11 is 0. The monoisotopic (exact) mass is 289 g/mol. The SMILES string of the molecule is CC(C)[C@H](N)C(=O)NC[C@@H]1CCCN1Cc1ccccc1. The summed E-state index contributed by atoms with van der Waals surface area (Å²) < 4.78 is 0. The molecule has 1 aromatic carbocycles. The van der Waals surface area contributed by atoms with Gasteiger partial charge in [0.1, 0.15) is 0 Å². The van der Waals surface area contributed by atoms with Gasteiger partial charge in [-0.1, -0.05) is 44.2 Å². The number of benzene rings is 1. The Morgan fingerprint density at radius 1 is 1.38 bits per heavy atom. The van der Waals surface area contributed by atoms with Crippen LogP contribution in [0.25, 0.3) is 0 Å². The number of nitrogens with two attached hydrogens (primary N) is 1. The minimum absolute atomic E-state index is 0.0310. The predicted octanol–water partition coefficient (Wildman–Crippen LogP) is 1.75. The second-order valence-electron chi connectivity index (χ2n) is 6.27. The number of hydrogen-bond donors (Lipinski definition) is 2. The van der Waals surface area contributed by atoms with Crippen molar-refractivity contribution in [1.29, 1.82) is 0 Å². The third-order valence-corrected chi connectivity index (χ3v) is 4.26. The molecule has 4 heteroatoms. The van der Waals surface area contributed by atoms with Crippen molar-refractivity contribution in [2.75, 3.05) is 13.1 Å². The molecule has 1 aliphatic rings. The lowest BCUT2D eigenvalue weighted by Crippen LogP contribution is -2.48. The fraction of sp³-hybridized carbons (Fsp3) is 0.588. The molecule has 0 saturated carbocycles. The lowest BCUT2D eigenvalue weighted by atomic mass is 10.0. The third kappa shape index (κ3) is 4.55. The number of nitrogens with one attached hydrogen (secondary N) is 1. The highest BCUT2D eigenvalue weighted by Crippen LogP contribution is 2.19. The highest BCUT2D eigenvalue weighted by Gasteiger charge is 2.26. The van der Waals surface area contributed by atoms with Crippen LogP contribution < -0.4 is 11.1 Å². The average Bonchev–Trinajstić information content (AvgIpc) is 2.92. The van der Waals surface area contributed by atoms with E-state index in [0.717, 1.165) is 19.5 Å². The van der Waals surface area contributed by atoms with Crippen LogP contribution in [0.1, 0.15) is 32.3 Å². The van der Waals surface area contributed by atoms with Crippen molar-refractivity contribution in [2.24, 2.45) is 11.7 Å². The maximum absolute atomic E-state index is 12.0. The standard InChI is InChI=1S/C17H27N3O/c1-13(2)16(18)17(21)19-11-15-9-6-10-20(15)12-14-7-4-3-5-8-14/h3-5,7-8,13,15-16H,6,9-12,18H2,1-2H3,(H,19,21)/t15-,16-/m0/s1. The van der Waals surface area contributed by atoms with Gasteiger partial charge in [0.2, 0.25) is 5.91 Å². The van der Waals surface area contributed by atoms with Crippen LogP contribution in [0.2, 0.25) is 0 Å². The van der Waals surface area contributed by atoms with Gasteiger partial charge < -0.3 is 11.1 Å². The number of carbonyl (C=O) groups excluding carboxylic acids is 1. The van der Waals surface area contributed by atoms with Gasteiger partial charge in [0.25, 0.3) is 0 Å². The van der Waals surface area contributed by atoms with Crippen LogP contribution in [0.5, 0.6) is 0 Å². The molecule has 2 atom stereocenters. The molecule has 4 nitrogen and oxygen atoms in total.